The number of hydrogen-bond acceptors (Lipinski definition) is 3. The van der Waals surface area contributed by atoms with E-state index in [2.05, 4.69) is 10.3 Å². The van der Waals surface area contributed by atoms with Crippen LogP contribution in [0.15, 0.2) is 0 Å². The van der Waals surface area contributed by atoms with E-state index in [1.807, 2.05) is 13.8 Å². The van der Waals surface area contributed by atoms with Gasteiger partial charge in [0.2, 0.25) is 0 Å². The van der Waals surface area contributed by atoms with Crippen molar-refractivity contribution in [2.45, 2.75) is 26.3 Å². The van der Waals surface area contributed by atoms with Crippen LogP contribution in [0.5, 0.6) is 0 Å². The van der Waals surface area contributed by atoms with Crippen LogP contribution < -0.4 is 5.48 Å². The van der Waals surface area contributed by atoms with Gasteiger partial charge in [-0.25, -0.2) is 0 Å². The molecule has 11 heavy (non-hydrogen) atoms. The maximum atomic E-state index is 10.5. The highest BCUT2D eigenvalue weighted by molar-refractivity contribution is 5.73. The molecule has 0 radical (unpaired) electrons. The molecule has 0 amide bonds. The van der Waals surface area contributed by atoms with Gasteiger partial charge in [0.05, 0.1) is 7.11 Å². The smallest absolute Gasteiger partial charge is 0.323 e. The number of carbonyl (C=O) groups is 1. The molecule has 0 aliphatic heterocycles. The van der Waals surface area contributed by atoms with Gasteiger partial charge < -0.3 is 9.94 Å². The molecule has 0 saturated heterocycles. The van der Waals surface area contributed by atoms with Crippen LogP contribution >= 0.6 is 0 Å². The predicted octanol–water partition coefficient (Wildman–Crippen LogP) is 0.637. The van der Waals surface area contributed by atoms with E-state index >= 15 is 0 Å². The monoisotopic (exact) mass is 161 g/mol. The van der Waals surface area contributed by atoms with Crippen molar-refractivity contribution in [1.82, 2.24) is 5.48 Å². The standard InChI is InChI=1S/C7H15NO3/c1-4-5(2)6(7(9)10)8-11-3/h5-6,8H,4H2,1-3H3,(H,9,10)/t5-,6-/m0/s1. The van der Waals surface area contributed by atoms with Gasteiger partial charge >= 0.3 is 5.97 Å². The van der Waals surface area contributed by atoms with Crippen LogP contribution in [-0.2, 0) is 9.63 Å². The Kier molecular flexibility index (Phi) is 4.81. The molecule has 0 unspecified atom stereocenters. The number of hydroxylamine groups is 1. The summed E-state index contributed by atoms with van der Waals surface area (Å²) in [6.45, 7) is 3.81. The summed E-state index contributed by atoms with van der Waals surface area (Å²) < 4.78 is 0. The maximum Gasteiger partial charge on any atom is 0.323 e. The first kappa shape index (κ1) is 10.4. The Hall–Kier alpha value is -0.610. The number of carboxylic acid groups (broad SMARTS) is 1. The minimum atomic E-state index is -0.874. The Bertz CT molecular complexity index is 127. The highest BCUT2D eigenvalue weighted by Crippen LogP contribution is 2.07. The quantitative estimate of drug-likeness (QED) is 0.581. The molecule has 0 heterocycles. The lowest BCUT2D eigenvalue weighted by Crippen LogP contribution is -2.40. The van der Waals surface area contributed by atoms with Crippen molar-refractivity contribution in [3.63, 3.8) is 0 Å². The van der Waals surface area contributed by atoms with E-state index in [9.17, 15) is 4.79 Å². The molecule has 4 heteroatoms. The molecular weight excluding hydrogens is 146 g/mol. The summed E-state index contributed by atoms with van der Waals surface area (Å²) in [4.78, 5) is 15.1. The van der Waals surface area contributed by atoms with Crippen molar-refractivity contribution < 1.29 is 14.7 Å². The molecule has 4 nitrogen and oxygen atoms in total. The van der Waals surface area contributed by atoms with Crippen molar-refractivity contribution in [2.24, 2.45) is 5.92 Å². The SMILES string of the molecule is CC[C@H](C)[C@H](NOC)C(=O)O. The Morgan fingerprint density at radius 2 is 2.27 bits per heavy atom. The third-order valence-electron chi connectivity index (χ3n) is 1.72. The van der Waals surface area contributed by atoms with E-state index in [4.69, 9.17) is 5.11 Å². The molecule has 0 aromatic rings. The van der Waals surface area contributed by atoms with Gasteiger partial charge in [-0.2, -0.15) is 5.48 Å². The first-order valence-corrected chi connectivity index (χ1v) is 3.64. The maximum absolute atomic E-state index is 10.5. The molecule has 2 N–H and O–H groups in total. The van der Waals surface area contributed by atoms with Crippen molar-refractivity contribution in [3.05, 3.63) is 0 Å². The Morgan fingerprint density at radius 1 is 1.73 bits per heavy atom. The van der Waals surface area contributed by atoms with E-state index in [0.29, 0.717) is 0 Å². The molecule has 0 aromatic carbocycles. The van der Waals surface area contributed by atoms with Gasteiger partial charge in [-0.3, -0.25) is 4.79 Å². The number of nitrogens with one attached hydrogen (secondary N) is 1. The van der Waals surface area contributed by atoms with E-state index in [-0.39, 0.29) is 5.92 Å². The van der Waals surface area contributed by atoms with Crippen molar-refractivity contribution in [2.75, 3.05) is 7.11 Å². The molecular formula is C7H15NO3. The lowest BCUT2D eigenvalue weighted by Gasteiger charge is -2.18. The Balaban J connectivity index is 3.97. The van der Waals surface area contributed by atoms with Gasteiger partial charge in [-0.1, -0.05) is 20.3 Å². The minimum absolute atomic E-state index is 0.0763. The average Bonchev–Trinajstić information content (AvgIpc) is 1.98. The highest BCUT2D eigenvalue weighted by atomic mass is 16.6. The number of rotatable bonds is 5. The number of hydrogen-bond donors (Lipinski definition) is 2. The van der Waals surface area contributed by atoms with Crippen LogP contribution in [-0.4, -0.2) is 24.2 Å². The largest absolute Gasteiger partial charge is 0.480 e. The number of aliphatic carboxylic acids is 1. The van der Waals surface area contributed by atoms with Crippen LogP contribution in [0, 0.1) is 5.92 Å². The summed E-state index contributed by atoms with van der Waals surface area (Å²) in [5.74, 6) is -0.798. The Morgan fingerprint density at radius 3 is 2.55 bits per heavy atom. The van der Waals surface area contributed by atoms with Gasteiger partial charge in [-0.05, 0) is 5.92 Å². The summed E-state index contributed by atoms with van der Waals surface area (Å²) in [7, 11) is 1.42. The lowest BCUT2D eigenvalue weighted by molar-refractivity contribution is -0.145. The van der Waals surface area contributed by atoms with Crippen LogP contribution in [0.25, 0.3) is 0 Å². The molecule has 66 valence electrons. The van der Waals surface area contributed by atoms with Crippen LogP contribution in [0.4, 0.5) is 0 Å². The second-order valence-corrected chi connectivity index (χ2v) is 2.52. The lowest BCUT2D eigenvalue weighted by atomic mass is 10.0. The van der Waals surface area contributed by atoms with Crippen LogP contribution in [0.2, 0.25) is 0 Å². The zero-order valence-electron chi connectivity index (χ0n) is 7.13. The average molecular weight is 161 g/mol. The second-order valence-electron chi connectivity index (χ2n) is 2.52. The van der Waals surface area contributed by atoms with E-state index in [0.717, 1.165) is 6.42 Å². The highest BCUT2D eigenvalue weighted by Gasteiger charge is 2.22. The fraction of sp³-hybridized carbons (Fsp3) is 0.857. The van der Waals surface area contributed by atoms with Gasteiger partial charge in [0.1, 0.15) is 6.04 Å². The summed E-state index contributed by atoms with van der Waals surface area (Å²) in [5, 5.41) is 8.66. The van der Waals surface area contributed by atoms with Gasteiger partial charge in [-0.15, -0.1) is 0 Å². The molecule has 0 bridgehead atoms. The molecule has 0 rings (SSSR count). The van der Waals surface area contributed by atoms with Crippen molar-refractivity contribution in [1.29, 1.82) is 0 Å². The fourth-order valence-electron chi connectivity index (χ4n) is 0.773. The number of carboxylic acids is 1. The summed E-state index contributed by atoms with van der Waals surface area (Å²) >= 11 is 0. The molecule has 2 atom stereocenters. The third kappa shape index (κ3) is 3.34. The third-order valence-corrected chi connectivity index (χ3v) is 1.72. The second kappa shape index (κ2) is 5.09. The van der Waals surface area contributed by atoms with Crippen LogP contribution in [0.1, 0.15) is 20.3 Å². The molecule has 0 aromatic heterocycles. The van der Waals surface area contributed by atoms with Gasteiger partial charge in [0, 0.05) is 0 Å². The van der Waals surface area contributed by atoms with E-state index in [1.54, 1.807) is 0 Å². The molecule has 0 aliphatic rings. The minimum Gasteiger partial charge on any atom is -0.480 e. The first-order chi connectivity index (χ1) is 5.13. The molecule has 0 saturated carbocycles. The normalized spacial score (nSPS) is 15.9. The first-order valence-electron chi connectivity index (χ1n) is 3.64. The van der Waals surface area contributed by atoms with E-state index in [1.165, 1.54) is 7.11 Å². The molecule has 0 spiro atoms. The molecule has 0 aliphatic carbocycles. The molecule has 0 fully saturated rings. The zero-order valence-corrected chi connectivity index (χ0v) is 7.13. The summed E-state index contributed by atoms with van der Waals surface area (Å²) in [5.41, 5.74) is 2.43. The summed E-state index contributed by atoms with van der Waals surface area (Å²) in [6, 6.07) is -0.606. The van der Waals surface area contributed by atoms with E-state index < -0.39 is 12.0 Å². The van der Waals surface area contributed by atoms with Crippen LogP contribution in [0.3, 0.4) is 0 Å². The summed E-state index contributed by atoms with van der Waals surface area (Å²) in [6.07, 6.45) is 0.813. The van der Waals surface area contributed by atoms with Crippen molar-refractivity contribution >= 4 is 5.97 Å². The Labute approximate surface area is 66.5 Å². The van der Waals surface area contributed by atoms with Gasteiger partial charge in [0.25, 0.3) is 0 Å². The topological polar surface area (TPSA) is 58.6 Å². The zero-order chi connectivity index (χ0) is 8.85. The fourth-order valence-corrected chi connectivity index (χ4v) is 0.773. The van der Waals surface area contributed by atoms with Crippen molar-refractivity contribution in [3.8, 4) is 0 Å². The predicted molar refractivity (Wildman–Crippen MR) is 41.0 cm³/mol. The van der Waals surface area contributed by atoms with Gasteiger partial charge in [0.15, 0.2) is 0 Å².